The molecule has 1 amide bonds. The molecule has 0 bridgehead atoms. The fraction of sp³-hybridized carbons (Fsp3) is 0.231. The smallest absolute Gasteiger partial charge is 0.335 e. The fourth-order valence-corrected chi connectivity index (χ4v) is 2.30. The molecule has 1 aromatic heterocycles. The Balaban J connectivity index is 2.01. The van der Waals surface area contributed by atoms with Crippen LogP contribution in [0.5, 0.6) is 0 Å². The Morgan fingerprint density at radius 1 is 1.43 bits per heavy atom. The van der Waals surface area contributed by atoms with Gasteiger partial charge in [0.2, 0.25) is 5.91 Å². The van der Waals surface area contributed by atoms with E-state index >= 15 is 0 Å². The van der Waals surface area contributed by atoms with Crippen molar-refractivity contribution >= 4 is 29.3 Å². The maximum Gasteiger partial charge on any atom is 0.335 e. The summed E-state index contributed by atoms with van der Waals surface area (Å²) in [4.78, 5) is 22.8. The lowest BCUT2D eigenvalue weighted by Crippen LogP contribution is -2.15. The number of aryl methyl sites for hydroxylation is 2. The number of nitrogens with one attached hydrogen (secondary N) is 1. The number of benzene rings is 1. The average molecular weight is 306 g/mol. The molecule has 21 heavy (non-hydrogen) atoms. The van der Waals surface area contributed by atoms with Gasteiger partial charge >= 0.3 is 5.97 Å². The van der Waals surface area contributed by atoms with Crippen LogP contribution in [0.1, 0.15) is 15.9 Å². The minimum atomic E-state index is -1.03. The maximum absolute atomic E-state index is 11.9. The minimum Gasteiger partial charge on any atom is -0.478 e. The molecule has 0 unspecified atom stereocenters. The molecular formula is C13H14N4O3S. The number of nitrogens with zero attached hydrogens (tertiary/aromatic N) is 3. The molecule has 0 aliphatic heterocycles. The second-order valence-corrected chi connectivity index (χ2v) is 5.34. The summed E-state index contributed by atoms with van der Waals surface area (Å²) in [6.07, 6.45) is 1.56. The molecule has 1 heterocycles. The van der Waals surface area contributed by atoms with Gasteiger partial charge in [-0.3, -0.25) is 4.79 Å². The molecule has 0 fully saturated rings. The number of thioether (sulfide) groups is 1. The van der Waals surface area contributed by atoms with Crippen LogP contribution in [0.3, 0.4) is 0 Å². The van der Waals surface area contributed by atoms with E-state index in [9.17, 15) is 9.59 Å². The maximum atomic E-state index is 11.9. The summed E-state index contributed by atoms with van der Waals surface area (Å²) in [5.74, 6) is -1.09. The zero-order valence-electron chi connectivity index (χ0n) is 11.5. The van der Waals surface area contributed by atoms with Gasteiger partial charge in [0.25, 0.3) is 0 Å². The van der Waals surface area contributed by atoms with Crippen molar-refractivity contribution in [3.8, 4) is 0 Å². The molecular weight excluding hydrogens is 292 g/mol. The highest BCUT2D eigenvalue weighted by Crippen LogP contribution is 2.18. The number of aromatic carboxylic acids is 1. The molecule has 2 aromatic rings. The van der Waals surface area contributed by atoms with Gasteiger partial charge in [0, 0.05) is 12.7 Å². The van der Waals surface area contributed by atoms with E-state index in [0.717, 1.165) is 5.56 Å². The van der Waals surface area contributed by atoms with Crippen LogP contribution in [0.4, 0.5) is 5.69 Å². The van der Waals surface area contributed by atoms with Crippen LogP contribution >= 0.6 is 11.8 Å². The summed E-state index contributed by atoms with van der Waals surface area (Å²) in [6, 6.07) is 4.61. The van der Waals surface area contributed by atoms with E-state index in [1.165, 1.54) is 23.9 Å². The average Bonchev–Trinajstić information content (AvgIpc) is 2.84. The summed E-state index contributed by atoms with van der Waals surface area (Å²) >= 11 is 1.26. The lowest BCUT2D eigenvalue weighted by Gasteiger charge is -2.09. The van der Waals surface area contributed by atoms with Crippen LogP contribution < -0.4 is 5.32 Å². The second-order valence-electron chi connectivity index (χ2n) is 4.40. The first-order valence-electron chi connectivity index (χ1n) is 6.08. The van der Waals surface area contributed by atoms with Crippen molar-refractivity contribution < 1.29 is 14.7 Å². The van der Waals surface area contributed by atoms with Crippen molar-refractivity contribution in [3.63, 3.8) is 0 Å². The Hall–Kier alpha value is -2.35. The van der Waals surface area contributed by atoms with E-state index in [-0.39, 0.29) is 17.2 Å². The fourth-order valence-electron chi connectivity index (χ4n) is 1.61. The van der Waals surface area contributed by atoms with Crippen molar-refractivity contribution in [1.82, 2.24) is 14.8 Å². The molecule has 8 heteroatoms. The Morgan fingerprint density at radius 2 is 2.19 bits per heavy atom. The largest absolute Gasteiger partial charge is 0.478 e. The molecule has 2 N–H and O–H groups in total. The first-order chi connectivity index (χ1) is 9.97. The van der Waals surface area contributed by atoms with Gasteiger partial charge in [-0.15, -0.1) is 10.2 Å². The van der Waals surface area contributed by atoms with Gasteiger partial charge in [-0.2, -0.15) is 0 Å². The number of hydrogen-bond acceptors (Lipinski definition) is 5. The van der Waals surface area contributed by atoms with E-state index in [4.69, 9.17) is 5.11 Å². The van der Waals surface area contributed by atoms with Crippen molar-refractivity contribution in [2.75, 3.05) is 11.1 Å². The van der Waals surface area contributed by atoms with Crippen LogP contribution in [0, 0.1) is 6.92 Å². The predicted octanol–water partition coefficient (Wildman–Crippen LogP) is 1.55. The van der Waals surface area contributed by atoms with Gasteiger partial charge in [-0.25, -0.2) is 4.79 Å². The Kier molecular flexibility index (Phi) is 4.59. The van der Waals surface area contributed by atoms with Crippen molar-refractivity contribution in [1.29, 1.82) is 0 Å². The summed E-state index contributed by atoms with van der Waals surface area (Å²) < 4.78 is 1.72. The molecule has 0 radical (unpaired) electrons. The minimum absolute atomic E-state index is 0.136. The van der Waals surface area contributed by atoms with Gasteiger partial charge in [-0.05, 0) is 24.6 Å². The van der Waals surface area contributed by atoms with E-state index in [1.807, 2.05) is 0 Å². The molecule has 0 saturated heterocycles. The molecule has 110 valence electrons. The SMILES string of the molecule is Cc1ccc(C(=O)O)cc1NC(=O)CSc1nncn1C. The number of anilines is 1. The van der Waals surface area contributed by atoms with E-state index in [0.29, 0.717) is 10.8 Å². The number of hydrogen-bond donors (Lipinski definition) is 2. The Labute approximate surface area is 125 Å². The monoisotopic (exact) mass is 306 g/mol. The molecule has 7 nitrogen and oxygen atoms in total. The predicted molar refractivity (Wildman–Crippen MR) is 78.5 cm³/mol. The number of carboxylic acids is 1. The first kappa shape index (κ1) is 15.0. The quantitative estimate of drug-likeness (QED) is 0.814. The van der Waals surface area contributed by atoms with Crippen LogP contribution in [0.15, 0.2) is 29.7 Å². The lowest BCUT2D eigenvalue weighted by molar-refractivity contribution is -0.113. The number of carboxylic acid groups (broad SMARTS) is 1. The number of carbonyl (C=O) groups is 2. The van der Waals surface area contributed by atoms with Crippen LogP contribution in [-0.4, -0.2) is 37.5 Å². The normalized spacial score (nSPS) is 10.4. The van der Waals surface area contributed by atoms with Gasteiger partial charge in [0.15, 0.2) is 5.16 Å². The Morgan fingerprint density at radius 3 is 2.81 bits per heavy atom. The summed E-state index contributed by atoms with van der Waals surface area (Å²) in [5.41, 5.74) is 1.44. The molecule has 0 atom stereocenters. The van der Waals surface area contributed by atoms with Crippen LogP contribution in [0.2, 0.25) is 0 Å². The van der Waals surface area contributed by atoms with Crippen molar-refractivity contribution in [3.05, 3.63) is 35.7 Å². The summed E-state index contributed by atoms with van der Waals surface area (Å²) in [7, 11) is 1.79. The van der Waals surface area contributed by atoms with E-state index < -0.39 is 5.97 Å². The van der Waals surface area contributed by atoms with Gasteiger partial charge < -0.3 is 15.0 Å². The standard InChI is InChI=1S/C13H14N4O3S/c1-8-3-4-9(12(19)20)5-10(8)15-11(18)6-21-13-16-14-7-17(13)2/h3-5,7H,6H2,1-2H3,(H,15,18)(H,19,20). The lowest BCUT2D eigenvalue weighted by atomic mass is 10.1. The number of carbonyl (C=O) groups excluding carboxylic acids is 1. The third-order valence-electron chi connectivity index (χ3n) is 2.76. The summed E-state index contributed by atoms with van der Waals surface area (Å²) in [6.45, 7) is 1.80. The third-order valence-corrected chi connectivity index (χ3v) is 3.80. The molecule has 0 saturated carbocycles. The number of aromatic nitrogens is 3. The molecule has 1 aromatic carbocycles. The van der Waals surface area contributed by atoms with Crippen molar-refractivity contribution in [2.45, 2.75) is 12.1 Å². The zero-order valence-corrected chi connectivity index (χ0v) is 12.3. The van der Waals surface area contributed by atoms with Crippen LogP contribution in [0.25, 0.3) is 0 Å². The second kappa shape index (κ2) is 6.40. The Bertz CT molecular complexity index is 684. The van der Waals surface area contributed by atoms with E-state index in [2.05, 4.69) is 15.5 Å². The van der Waals surface area contributed by atoms with Gasteiger partial charge in [-0.1, -0.05) is 17.8 Å². The number of amides is 1. The molecule has 0 aliphatic carbocycles. The van der Waals surface area contributed by atoms with Gasteiger partial charge in [0.05, 0.1) is 11.3 Å². The highest BCUT2D eigenvalue weighted by atomic mass is 32.2. The van der Waals surface area contributed by atoms with Crippen LogP contribution in [-0.2, 0) is 11.8 Å². The van der Waals surface area contributed by atoms with E-state index in [1.54, 1.807) is 30.9 Å². The first-order valence-corrected chi connectivity index (χ1v) is 7.06. The molecule has 0 spiro atoms. The highest BCUT2D eigenvalue weighted by Gasteiger charge is 2.11. The molecule has 2 rings (SSSR count). The van der Waals surface area contributed by atoms with Crippen molar-refractivity contribution in [2.24, 2.45) is 7.05 Å². The zero-order chi connectivity index (χ0) is 15.4. The molecule has 0 aliphatic rings. The highest BCUT2D eigenvalue weighted by molar-refractivity contribution is 7.99. The number of rotatable bonds is 5. The third kappa shape index (κ3) is 3.82. The van der Waals surface area contributed by atoms with Gasteiger partial charge in [0.1, 0.15) is 6.33 Å². The topological polar surface area (TPSA) is 97.1 Å². The summed E-state index contributed by atoms with van der Waals surface area (Å²) in [5, 5.41) is 19.9.